The summed E-state index contributed by atoms with van der Waals surface area (Å²) in [4.78, 5) is 0.540. The second-order valence-electron chi connectivity index (χ2n) is 4.48. The lowest BCUT2D eigenvalue weighted by Gasteiger charge is -2.17. The van der Waals surface area contributed by atoms with Gasteiger partial charge in [-0.15, -0.1) is 0 Å². The Bertz CT molecular complexity index is 365. The van der Waals surface area contributed by atoms with Crippen LogP contribution in [0.4, 0.5) is 4.39 Å². The highest BCUT2D eigenvalue weighted by Gasteiger charge is 2.22. The molecule has 0 N–H and O–H groups in total. The van der Waals surface area contributed by atoms with E-state index < -0.39 is 0 Å². The number of alkyl halides is 1. The Morgan fingerprint density at radius 2 is 1.94 bits per heavy atom. The fourth-order valence-corrected chi connectivity index (χ4v) is 3.56. The van der Waals surface area contributed by atoms with Gasteiger partial charge in [-0.1, -0.05) is 44.7 Å². The zero-order valence-electron chi connectivity index (χ0n) is 9.06. The first-order valence-electron chi connectivity index (χ1n) is 5.76. The summed E-state index contributed by atoms with van der Waals surface area (Å²) in [7, 11) is 0. The van der Waals surface area contributed by atoms with Gasteiger partial charge in [0.2, 0.25) is 0 Å². The third-order valence-electron chi connectivity index (χ3n) is 3.26. The third kappa shape index (κ3) is 3.07. The minimum absolute atomic E-state index is 0.0604. The topological polar surface area (TPSA) is 0 Å². The van der Waals surface area contributed by atoms with Crippen molar-refractivity contribution in [3.63, 3.8) is 0 Å². The molecule has 1 saturated carbocycles. The van der Waals surface area contributed by atoms with Gasteiger partial charge in [0.25, 0.3) is 0 Å². The molecular formula is C13H15Br2F. The maximum absolute atomic E-state index is 13.8. The zero-order chi connectivity index (χ0) is 11.5. The Morgan fingerprint density at radius 3 is 2.75 bits per heavy atom. The van der Waals surface area contributed by atoms with Gasteiger partial charge >= 0.3 is 0 Å². The average Bonchev–Trinajstić information content (AvgIpc) is 2.46. The van der Waals surface area contributed by atoms with E-state index in [-0.39, 0.29) is 5.82 Å². The molecule has 0 bridgehead atoms. The first-order chi connectivity index (χ1) is 7.66. The molecule has 0 aromatic heterocycles. The summed E-state index contributed by atoms with van der Waals surface area (Å²) in [5.74, 6) is 0.305. The van der Waals surface area contributed by atoms with Gasteiger partial charge in [0.05, 0.1) is 0 Å². The van der Waals surface area contributed by atoms with Crippen molar-refractivity contribution in [1.29, 1.82) is 0 Å². The predicted molar refractivity (Wildman–Crippen MR) is 72.6 cm³/mol. The monoisotopic (exact) mass is 348 g/mol. The van der Waals surface area contributed by atoms with Crippen LogP contribution in [0.5, 0.6) is 0 Å². The van der Waals surface area contributed by atoms with Crippen LogP contribution in [0.15, 0.2) is 22.7 Å². The first-order valence-corrected chi connectivity index (χ1v) is 7.46. The Balaban J connectivity index is 2.24. The van der Waals surface area contributed by atoms with E-state index in [0.29, 0.717) is 10.7 Å². The maximum Gasteiger partial charge on any atom is 0.126 e. The van der Waals surface area contributed by atoms with Crippen LogP contribution in [-0.2, 0) is 0 Å². The molecule has 0 heterocycles. The van der Waals surface area contributed by atoms with Gasteiger partial charge < -0.3 is 0 Å². The van der Waals surface area contributed by atoms with Crippen LogP contribution in [-0.4, -0.2) is 4.83 Å². The maximum atomic E-state index is 13.8. The van der Waals surface area contributed by atoms with Gasteiger partial charge in [0, 0.05) is 9.30 Å². The fraction of sp³-hybridized carbons (Fsp3) is 0.538. The summed E-state index contributed by atoms with van der Waals surface area (Å²) in [6, 6.07) is 5.26. The number of hydrogen-bond donors (Lipinski definition) is 0. The minimum Gasteiger partial charge on any atom is -0.207 e. The van der Waals surface area contributed by atoms with E-state index in [9.17, 15) is 4.39 Å². The SMILES string of the molecule is Fc1ccc(Br)cc1C1CCCCC(Br)C1. The lowest BCUT2D eigenvalue weighted by Crippen LogP contribution is -2.05. The van der Waals surface area contributed by atoms with Crippen LogP contribution in [0.25, 0.3) is 0 Å². The minimum atomic E-state index is -0.0604. The molecule has 1 aromatic rings. The molecule has 1 aliphatic rings. The normalized spacial score (nSPS) is 26.4. The highest BCUT2D eigenvalue weighted by molar-refractivity contribution is 9.10. The van der Waals surface area contributed by atoms with Gasteiger partial charge in [0.15, 0.2) is 0 Å². The van der Waals surface area contributed by atoms with E-state index in [0.717, 1.165) is 22.9 Å². The van der Waals surface area contributed by atoms with Crippen LogP contribution in [0.1, 0.15) is 43.6 Å². The van der Waals surface area contributed by atoms with Gasteiger partial charge in [-0.25, -0.2) is 4.39 Å². The van der Waals surface area contributed by atoms with Crippen molar-refractivity contribution < 1.29 is 4.39 Å². The molecule has 0 aliphatic heterocycles. The molecule has 0 spiro atoms. The zero-order valence-corrected chi connectivity index (χ0v) is 12.2. The third-order valence-corrected chi connectivity index (χ3v) is 4.58. The molecule has 88 valence electrons. The van der Waals surface area contributed by atoms with Crippen molar-refractivity contribution in [3.8, 4) is 0 Å². The summed E-state index contributed by atoms with van der Waals surface area (Å²) < 4.78 is 14.7. The summed E-state index contributed by atoms with van der Waals surface area (Å²) >= 11 is 7.10. The molecule has 2 rings (SSSR count). The van der Waals surface area contributed by atoms with Crippen molar-refractivity contribution >= 4 is 31.9 Å². The Hall–Kier alpha value is 0.110. The highest BCUT2D eigenvalue weighted by atomic mass is 79.9. The molecule has 0 saturated heterocycles. The molecule has 2 unspecified atom stereocenters. The molecule has 0 nitrogen and oxygen atoms in total. The molecule has 3 heteroatoms. The van der Waals surface area contributed by atoms with E-state index in [1.165, 1.54) is 19.3 Å². The number of rotatable bonds is 1. The van der Waals surface area contributed by atoms with Gasteiger partial charge in [-0.3, -0.25) is 0 Å². The lowest BCUT2D eigenvalue weighted by molar-refractivity contribution is 0.540. The first kappa shape index (κ1) is 12.6. The summed E-state index contributed by atoms with van der Waals surface area (Å²) in [5.41, 5.74) is 0.876. The average molecular weight is 350 g/mol. The molecule has 0 radical (unpaired) electrons. The van der Waals surface area contributed by atoms with Gasteiger partial charge in [0.1, 0.15) is 5.82 Å². The van der Waals surface area contributed by atoms with Crippen LogP contribution < -0.4 is 0 Å². The molecular weight excluding hydrogens is 335 g/mol. The second-order valence-corrected chi connectivity index (χ2v) is 6.69. The van der Waals surface area contributed by atoms with Crippen LogP contribution >= 0.6 is 31.9 Å². The van der Waals surface area contributed by atoms with Crippen LogP contribution in [0, 0.1) is 5.82 Å². The van der Waals surface area contributed by atoms with Crippen LogP contribution in [0.2, 0.25) is 0 Å². The van der Waals surface area contributed by atoms with E-state index in [2.05, 4.69) is 31.9 Å². The van der Waals surface area contributed by atoms with Crippen molar-refractivity contribution in [2.24, 2.45) is 0 Å². The van der Waals surface area contributed by atoms with Crippen molar-refractivity contribution in [2.75, 3.05) is 0 Å². The molecule has 0 amide bonds. The van der Waals surface area contributed by atoms with Gasteiger partial charge in [-0.2, -0.15) is 0 Å². The predicted octanol–water partition coefficient (Wildman–Crippen LogP) is 5.40. The van der Waals surface area contributed by atoms with E-state index in [1.807, 2.05) is 6.07 Å². The van der Waals surface area contributed by atoms with Crippen molar-refractivity contribution in [1.82, 2.24) is 0 Å². The standard InChI is InChI=1S/C13H15Br2F/c14-10-4-2-1-3-9(7-10)12-8-11(15)5-6-13(12)16/h5-6,8-10H,1-4,7H2. The Labute approximate surface area is 113 Å². The number of hydrogen-bond acceptors (Lipinski definition) is 0. The van der Waals surface area contributed by atoms with Crippen molar-refractivity contribution in [2.45, 2.75) is 42.8 Å². The summed E-state index contributed by atoms with van der Waals surface area (Å²) in [6.45, 7) is 0. The number of benzene rings is 1. The number of halogens is 3. The van der Waals surface area contributed by atoms with Crippen molar-refractivity contribution in [3.05, 3.63) is 34.1 Å². The highest BCUT2D eigenvalue weighted by Crippen LogP contribution is 2.36. The molecule has 2 atom stereocenters. The Kier molecular flexibility index (Phi) is 4.42. The van der Waals surface area contributed by atoms with Crippen LogP contribution in [0.3, 0.4) is 0 Å². The largest absolute Gasteiger partial charge is 0.207 e. The second kappa shape index (κ2) is 5.63. The molecule has 1 fully saturated rings. The van der Waals surface area contributed by atoms with E-state index in [1.54, 1.807) is 12.1 Å². The van der Waals surface area contributed by atoms with Gasteiger partial charge in [-0.05, 0) is 48.9 Å². The molecule has 1 aliphatic carbocycles. The lowest BCUT2D eigenvalue weighted by atomic mass is 9.91. The smallest absolute Gasteiger partial charge is 0.126 e. The summed E-state index contributed by atoms with van der Waals surface area (Å²) in [6.07, 6.45) is 5.83. The molecule has 16 heavy (non-hydrogen) atoms. The molecule has 1 aromatic carbocycles. The quantitative estimate of drug-likeness (QED) is 0.470. The van der Waals surface area contributed by atoms with E-state index in [4.69, 9.17) is 0 Å². The summed E-state index contributed by atoms with van der Waals surface area (Å²) in [5, 5.41) is 0. The van der Waals surface area contributed by atoms with E-state index >= 15 is 0 Å². The Morgan fingerprint density at radius 1 is 1.19 bits per heavy atom. The fourth-order valence-electron chi connectivity index (χ4n) is 2.41.